The molecule has 0 aliphatic carbocycles. The molecular formula is C18H14F4N7O2+. The highest BCUT2D eigenvalue weighted by Crippen LogP contribution is 2.23. The van der Waals surface area contributed by atoms with Crippen molar-refractivity contribution in [3.63, 3.8) is 0 Å². The van der Waals surface area contributed by atoms with E-state index in [-0.39, 0.29) is 17.9 Å². The zero-order valence-corrected chi connectivity index (χ0v) is 15.8. The summed E-state index contributed by atoms with van der Waals surface area (Å²) < 4.78 is 55.9. The number of aromatic nitrogens is 3. The molecule has 0 saturated heterocycles. The number of benzene rings is 2. The van der Waals surface area contributed by atoms with Crippen LogP contribution in [0.15, 0.2) is 59.0 Å². The van der Waals surface area contributed by atoms with E-state index in [0.717, 1.165) is 18.2 Å². The molecule has 0 unspecified atom stereocenters. The van der Waals surface area contributed by atoms with Crippen molar-refractivity contribution in [3.05, 3.63) is 66.0 Å². The van der Waals surface area contributed by atoms with E-state index >= 15 is 0 Å². The predicted molar refractivity (Wildman–Crippen MR) is 99.0 cm³/mol. The van der Waals surface area contributed by atoms with Gasteiger partial charge in [0.25, 0.3) is 0 Å². The van der Waals surface area contributed by atoms with E-state index in [9.17, 15) is 22.4 Å². The van der Waals surface area contributed by atoms with E-state index < -0.39 is 18.1 Å². The minimum absolute atomic E-state index is 0.128. The molecule has 1 aromatic heterocycles. The Bertz CT molecular complexity index is 1140. The molecule has 13 heteroatoms. The van der Waals surface area contributed by atoms with Crippen molar-refractivity contribution in [2.45, 2.75) is 12.9 Å². The topological polar surface area (TPSA) is 108 Å². The van der Waals surface area contributed by atoms with Gasteiger partial charge in [0.05, 0.1) is 17.8 Å². The third-order valence-electron chi connectivity index (χ3n) is 3.75. The highest BCUT2D eigenvalue weighted by atomic mass is 19.4. The molecule has 1 heterocycles. The van der Waals surface area contributed by atoms with Crippen LogP contribution in [-0.4, -0.2) is 34.1 Å². The van der Waals surface area contributed by atoms with Crippen molar-refractivity contribution in [2.24, 2.45) is 10.2 Å². The van der Waals surface area contributed by atoms with Crippen LogP contribution in [-0.2, 0) is 6.54 Å². The monoisotopic (exact) mass is 436 g/mol. The number of alkyl halides is 3. The number of amides is 1. The summed E-state index contributed by atoms with van der Waals surface area (Å²) in [4.78, 5) is 18.9. The minimum atomic E-state index is -4.77. The van der Waals surface area contributed by atoms with Crippen LogP contribution in [0, 0.1) is 5.82 Å². The summed E-state index contributed by atoms with van der Waals surface area (Å²) in [5.41, 5.74) is 0.588. The molecule has 160 valence electrons. The first-order chi connectivity index (χ1) is 14.7. The van der Waals surface area contributed by atoms with Crippen LogP contribution >= 0.6 is 0 Å². The molecule has 3 aromatic rings. The summed E-state index contributed by atoms with van der Waals surface area (Å²) in [5, 5.41) is 13.6. The first-order valence-electron chi connectivity index (χ1n) is 8.59. The Kier molecular flexibility index (Phi) is 6.36. The molecule has 0 spiro atoms. The third-order valence-corrected chi connectivity index (χ3v) is 3.75. The Hall–Kier alpha value is -4.12. The summed E-state index contributed by atoms with van der Waals surface area (Å²) in [6, 6.07) is 8.94. The molecule has 0 atom stereocenters. The molecule has 0 saturated carbocycles. The zero-order valence-electron chi connectivity index (χ0n) is 15.8. The largest absolute Gasteiger partial charge is 0.573 e. The number of rotatable bonds is 6. The summed E-state index contributed by atoms with van der Waals surface area (Å²) in [6.07, 6.45) is -3.39. The maximum atomic E-state index is 14.1. The maximum Gasteiger partial charge on any atom is 0.573 e. The van der Waals surface area contributed by atoms with E-state index in [1.54, 1.807) is 0 Å². The van der Waals surface area contributed by atoms with Crippen molar-refractivity contribution >= 4 is 11.6 Å². The fraction of sp³-hybridized carbons (Fsp3) is 0.167. The van der Waals surface area contributed by atoms with Crippen molar-refractivity contribution in [2.75, 3.05) is 12.4 Å². The summed E-state index contributed by atoms with van der Waals surface area (Å²) in [6.45, 7) is 0.128. The Morgan fingerprint density at radius 1 is 1.23 bits per heavy atom. The van der Waals surface area contributed by atoms with Gasteiger partial charge in [0.1, 0.15) is 30.1 Å². The second-order valence-electron chi connectivity index (χ2n) is 5.89. The van der Waals surface area contributed by atoms with Crippen LogP contribution in [0.2, 0.25) is 0 Å². The van der Waals surface area contributed by atoms with Gasteiger partial charge in [-0.25, -0.2) is 14.1 Å². The van der Waals surface area contributed by atoms with Gasteiger partial charge in [0, 0.05) is 5.69 Å². The van der Waals surface area contributed by atoms with Gasteiger partial charge in [-0.05, 0) is 42.5 Å². The molecule has 0 aliphatic rings. The van der Waals surface area contributed by atoms with Gasteiger partial charge < -0.3 is 10.1 Å². The molecule has 2 aromatic carbocycles. The highest BCUT2D eigenvalue weighted by molar-refractivity contribution is 5.95. The fourth-order valence-electron chi connectivity index (χ4n) is 2.42. The molecule has 3 rings (SSSR count). The van der Waals surface area contributed by atoms with Crippen molar-refractivity contribution in [1.82, 2.24) is 19.7 Å². The Morgan fingerprint density at radius 2 is 1.97 bits per heavy atom. The number of carbonyl (C=O) groups excluding carboxylic acids is 1. The van der Waals surface area contributed by atoms with Crippen molar-refractivity contribution in [1.29, 1.82) is 0 Å². The van der Waals surface area contributed by atoms with Crippen molar-refractivity contribution < 1.29 is 27.1 Å². The molecular weight excluding hydrogens is 422 g/mol. The molecule has 0 bridgehead atoms. The minimum Gasteiger partial charge on any atom is -0.406 e. The predicted octanol–water partition coefficient (Wildman–Crippen LogP) is 3.66. The van der Waals surface area contributed by atoms with Gasteiger partial charge in [-0.3, -0.25) is 4.79 Å². The summed E-state index contributed by atoms with van der Waals surface area (Å²) >= 11 is 0. The van der Waals surface area contributed by atoms with Crippen LogP contribution in [0.4, 0.5) is 23.2 Å². The maximum absolute atomic E-state index is 14.1. The Balaban J connectivity index is 1.63. The number of carbonyl (C=O) groups is 1. The lowest BCUT2D eigenvalue weighted by atomic mass is 10.2. The zero-order chi connectivity index (χ0) is 22.4. The molecule has 9 nitrogen and oxygen atoms in total. The summed E-state index contributed by atoms with van der Waals surface area (Å²) in [7, 11) is 1.33. The number of nitrogens with one attached hydrogen (secondary N) is 1. The SMILES string of the molecule is CN=[N+]=NC(=O)c1ccc(NCc2ncn(-c3ccc(OC(F)(F)F)cc3)n2)cc1F. The number of ether oxygens (including phenoxy) is 1. The lowest BCUT2D eigenvalue weighted by Crippen LogP contribution is -2.17. The number of anilines is 1. The fourth-order valence-corrected chi connectivity index (χ4v) is 2.42. The number of halogens is 4. The van der Waals surface area contributed by atoms with Crippen LogP contribution in [0.1, 0.15) is 16.2 Å². The lowest BCUT2D eigenvalue weighted by molar-refractivity contribution is -0.274. The van der Waals surface area contributed by atoms with Gasteiger partial charge in [-0.15, -0.1) is 18.3 Å². The molecule has 0 radical (unpaired) electrons. The van der Waals surface area contributed by atoms with Crippen LogP contribution in [0.25, 0.3) is 5.69 Å². The highest BCUT2D eigenvalue weighted by Gasteiger charge is 2.31. The smallest absolute Gasteiger partial charge is 0.406 e. The van der Waals surface area contributed by atoms with Gasteiger partial charge >= 0.3 is 12.3 Å². The van der Waals surface area contributed by atoms with Crippen LogP contribution in [0.3, 0.4) is 0 Å². The Morgan fingerprint density at radius 3 is 2.61 bits per heavy atom. The average Bonchev–Trinajstić information content (AvgIpc) is 3.19. The van der Waals surface area contributed by atoms with Crippen LogP contribution < -0.4 is 15.0 Å². The molecule has 31 heavy (non-hydrogen) atoms. The average molecular weight is 436 g/mol. The van der Waals surface area contributed by atoms with E-state index in [1.807, 2.05) is 0 Å². The number of hydrogen-bond donors (Lipinski definition) is 1. The third kappa shape index (κ3) is 5.93. The van der Waals surface area contributed by atoms with Gasteiger partial charge in [-0.2, -0.15) is 0 Å². The van der Waals surface area contributed by atoms with Gasteiger partial charge in [0.15, 0.2) is 5.82 Å². The normalized spacial score (nSPS) is 10.9. The Labute approximate surface area is 172 Å². The van der Waals surface area contributed by atoms with E-state index in [2.05, 4.69) is 35.3 Å². The quantitative estimate of drug-likeness (QED) is 0.361. The van der Waals surface area contributed by atoms with Crippen LogP contribution in [0.5, 0.6) is 5.75 Å². The standard InChI is InChI=1S/C18H13F4N7O2/c1-23-28-26-17(30)14-7-2-11(8-15(14)19)24-9-16-25-10-29(27-16)12-3-5-13(6-4-12)31-18(20,21)22/h2-8,10H,9H2,1H3/p+1. The number of nitrogens with zero attached hydrogens (tertiary/aromatic N) is 6. The second kappa shape index (κ2) is 9.13. The van der Waals surface area contributed by atoms with E-state index in [1.165, 1.54) is 42.3 Å². The molecule has 0 fully saturated rings. The van der Waals surface area contributed by atoms with Gasteiger partial charge in [0.2, 0.25) is 10.0 Å². The molecule has 1 amide bonds. The lowest BCUT2D eigenvalue weighted by Gasteiger charge is -2.09. The summed E-state index contributed by atoms with van der Waals surface area (Å²) in [5.74, 6) is -1.66. The molecule has 1 N–H and O–H groups in total. The van der Waals surface area contributed by atoms with E-state index in [4.69, 9.17) is 0 Å². The molecule has 0 aliphatic heterocycles. The second-order valence-corrected chi connectivity index (χ2v) is 5.89. The van der Waals surface area contributed by atoms with Crippen molar-refractivity contribution in [3.8, 4) is 11.4 Å². The van der Waals surface area contributed by atoms with E-state index in [0.29, 0.717) is 17.2 Å². The first-order valence-corrected chi connectivity index (χ1v) is 8.59. The van der Waals surface area contributed by atoms with Gasteiger partial charge in [-0.1, -0.05) is 0 Å². The number of hydrogen-bond acceptors (Lipinski definition) is 6. The first kappa shape index (κ1) is 21.6.